The molecule has 0 aliphatic rings. The molecule has 0 rings (SSSR count). The molecule has 0 aromatic rings. The summed E-state index contributed by atoms with van der Waals surface area (Å²) < 4.78 is 0. The van der Waals surface area contributed by atoms with Crippen LogP contribution in [0.15, 0.2) is 11.1 Å². The van der Waals surface area contributed by atoms with E-state index in [-0.39, 0.29) is 0 Å². The standard InChI is InChI=1S/C10H20ClN/c1-8(2)10(4)7-12-6-9(3)5-11/h5,8,10,12H,6-7H2,1-4H3. The monoisotopic (exact) mass is 189 g/mol. The summed E-state index contributed by atoms with van der Waals surface area (Å²) in [5.74, 6) is 1.48. The molecule has 0 aliphatic heterocycles. The highest BCUT2D eigenvalue weighted by molar-refractivity contribution is 6.25. The first-order valence-electron chi connectivity index (χ1n) is 4.54. The molecule has 0 saturated carbocycles. The van der Waals surface area contributed by atoms with Gasteiger partial charge in [-0.3, -0.25) is 0 Å². The van der Waals surface area contributed by atoms with Gasteiger partial charge in [-0.15, -0.1) is 0 Å². The van der Waals surface area contributed by atoms with E-state index in [1.807, 2.05) is 6.92 Å². The molecule has 0 bridgehead atoms. The van der Waals surface area contributed by atoms with E-state index in [0.29, 0.717) is 0 Å². The van der Waals surface area contributed by atoms with Crippen molar-refractivity contribution >= 4 is 11.6 Å². The first-order chi connectivity index (χ1) is 5.57. The predicted molar refractivity (Wildman–Crippen MR) is 56.5 cm³/mol. The van der Waals surface area contributed by atoms with Gasteiger partial charge in [0.15, 0.2) is 0 Å². The van der Waals surface area contributed by atoms with Crippen LogP contribution in [-0.4, -0.2) is 13.1 Å². The Hall–Kier alpha value is -0.0100. The smallest absolute Gasteiger partial charge is 0.0173 e. The highest BCUT2D eigenvalue weighted by Gasteiger charge is 2.05. The lowest BCUT2D eigenvalue weighted by molar-refractivity contribution is 0.399. The van der Waals surface area contributed by atoms with Crippen LogP contribution in [-0.2, 0) is 0 Å². The Balaban J connectivity index is 3.43. The second-order valence-corrected chi connectivity index (χ2v) is 4.03. The summed E-state index contributed by atoms with van der Waals surface area (Å²) in [7, 11) is 0. The van der Waals surface area contributed by atoms with Gasteiger partial charge in [0.2, 0.25) is 0 Å². The number of nitrogens with one attached hydrogen (secondary N) is 1. The molecule has 0 amide bonds. The van der Waals surface area contributed by atoms with E-state index in [4.69, 9.17) is 11.6 Å². The van der Waals surface area contributed by atoms with Crippen LogP contribution in [0.4, 0.5) is 0 Å². The van der Waals surface area contributed by atoms with Gasteiger partial charge >= 0.3 is 0 Å². The minimum Gasteiger partial charge on any atom is -0.313 e. The Morgan fingerprint density at radius 2 is 2.00 bits per heavy atom. The lowest BCUT2D eigenvalue weighted by Gasteiger charge is -2.15. The van der Waals surface area contributed by atoms with Crippen LogP contribution in [0.1, 0.15) is 27.7 Å². The van der Waals surface area contributed by atoms with Gasteiger partial charge in [0.25, 0.3) is 0 Å². The average molecular weight is 190 g/mol. The van der Waals surface area contributed by atoms with Gasteiger partial charge < -0.3 is 5.32 Å². The lowest BCUT2D eigenvalue weighted by Crippen LogP contribution is -2.25. The molecule has 0 saturated heterocycles. The number of rotatable bonds is 5. The maximum Gasteiger partial charge on any atom is 0.0173 e. The van der Waals surface area contributed by atoms with Crippen LogP contribution in [0.3, 0.4) is 0 Å². The summed E-state index contributed by atoms with van der Waals surface area (Å²) in [6.07, 6.45) is 0. The van der Waals surface area contributed by atoms with Crippen molar-refractivity contribution in [3.05, 3.63) is 11.1 Å². The first-order valence-corrected chi connectivity index (χ1v) is 4.98. The minimum absolute atomic E-state index is 0.730. The van der Waals surface area contributed by atoms with E-state index in [2.05, 4.69) is 26.1 Å². The summed E-state index contributed by atoms with van der Waals surface area (Å²) >= 11 is 5.53. The van der Waals surface area contributed by atoms with Crippen molar-refractivity contribution in [2.24, 2.45) is 11.8 Å². The Morgan fingerprint density at radius 3 is 2.42 bits per heavy atom. The average Bonchev–Trinajstić information content (AvgIpc) is 2.03. The molecular formula is C10H20ClN. The van der Waals surface area contributed by atoms with Crippen molar-refractivity contribution in [1.29, 1.82) is 0 Å². The Bertz CT molecular complexity index is 141. The van der Waals surface area contributed by atoms with Crippen molar-refractivity contribution in [3.63, 3.8) is 0 Å². The fourth-order valence-corrected chi connectivity index (χ4v) is 0.848. The molecule has 12 heavy (non-hydrogen) atoms. The second-order valence-electron chi connectivity index (χ2n) is 3.81. The van der Waals surface area contributed by atoms with Crippen molar-refractivity contribution in [3.8, 4) is 0 Å². The molecule has 0 heterocycles. The number of hydrogen-bond acceptors (Lipinski definition) is 1. The maximum absolute atomic E-state index is 5.53. The highest BCUT2D eigenvalue weighted by atomic mass is 35.5. The molecule has 1 N–H and O–H groups in total. The largest absolute Gasteiger partial charge is 0.313 e. The Morgan fingerprint density at radius 1 is 1.42 bits per heavy atom. The van der Waals surface area contributed by atoms with E-state index in [0.717, 1.165) is 24.9 Å². The van der Waals surface area contributed by atoms with Crippen LogP contribution in [0, 0.1) is 11.8 Å². The van der Waals surface area contributed by atoms with Gasteiger partial charge in [-0.2, -0.15) is 0 Å². The molecule has 0 aliphatic carbocycles. The summed E-state index contributed by atoms with van der Waals surface area (Å²) in [6.45, 7) is 10.8. The van der Waals surface area contributed by atoms with E-state index in [1.165, 1.54) is 5.57 Å². The molecule has 72 valence electrons. The van der Waals surface area contributed by atoms with Crippen LogP contribution < -0.4 is 5.32 Å². The molecule has 0 fully saturated rings. The van der Waals surface area contributed by atoms with Gasteiger partial charge in [-0.05, 0) is 30.9 Å². The quantitative estimate of drug-likeness (QED) is 0.701. The van der Waals surface area contributed by atoms with Gasteiger partial charge in [-0.1, -0.05) is 32.4 Å². The second kappa shape index (κ2) is 6.50. The molecular weight excluding hydrogens is 170 g/mol. The molecule has 0 radical (unpaired) electrons. The summed E-state index contributed by atoms with van der Waals surface area (Å²) in [5.41, 5.74) is 2.82. The Labute approximate surface area is 81.2 Å². The van der Waals surface area contributed by atoms with Gasteiger partial charge in [0, 0.05) is 12.1 Å². The molecule has 1 unspecified atom stereocenters. The summed E-state index contributed by atoms with van der Waals surface area (Å²) in [4.78, 5) is 0. The van der Waals surface area contributed by atoms with Gasteiger partial charge in [-0.25, -0.2) is 0 Å². The van der Waals surface area contributed by atoms with Crippen LogP contribution in [0.2, 0.25) is 0 Å². The molecule has 1 nitrogen and oxygen atoms in total. The zero-order chi connectivity index (χ0) is 9.56. The maximum atomic E-state index is 5.53. The van der Waals surface area contributed by atoms with E-state index < -0.39 is 0 Å². The van der Waals surface area contributed by atoms with Gasteiger partial charge in [0.1, 0.15) is 0 Å². The van der Waals surface area contributed by atoms with E-state index in [9.17, 15) is 0 Å². The van der Waals surface area contributed by atoms with Gasteiger partial charge in [0.05, 0.1) is 0 Å². The molecule has 2 heteroatoms. The third-order valence-corrected chi connectivity index (χ3v) is 2.57. The normalized spacial score (nSPS) is 15.3. The number of hydrogen-bond donors (Lipinski definition) is 1. The third kappa shape index (κ3) is 5.62. The molecule has 0 aromatic heterocycles. The zero-order valence-electron chi connectivity index (χ0n) is 8.52. The first kappa shape index (κ1) is 12.0. The minimum atomic E-state index is 0.730. The fraction of sp³-hybridized carbons (Fsp3) is 0.800. The zero-order valence-corrected chi connectivity index (χ0v) is 9.28. The van der Waals surface area contributed by atoms with Crippen LogP contribution in [0.25, 0.3) is 0 Å². The molecule has 0 spiro atoms. The summed E-state index contributed by atoms with van der Waals surface area (Å²) in [5, 5.41) is 3.36. The lowest BCUT2D eigenvalue weighted by atomic mass is 9.98. The van der Waals surface area contributed by atoms with Crippen LogP contribution >= 0.6 is 11.6 Å². The predicted octanol–water partition coefficient (Wildman–Crippen LogP) is 3.01. The van der Waals surface area contributed by atoms with E-state index in [1.54, 1.807) is 5.54 Å². The van der Waals surface area contributed by atoms with E-state index >= 15 is 0 Å². The third-order valence-electron chi connectivity index (χ3n) is 2.19. The molecule has 0 aromatic carbocycles. The van der Waals surface area contributed by atoms with Crippen molar-refractivity contribution in [2.75, 3.05) is 13.1 Å². The topological polar surface area (TPSA) is 12.0 Å². The summed E-state index contributed by atoms with van der Waals surface area (Å²) in [6, 6.07) is 0. The van der Waals surface area contributed by atoms with Crippen molar-refractivity contribution in [1.82, 2.24) is 5.32 Å². The van der Waals surface area contributed by atoms with Crippen molar-refractivity contribution < 1.29 is 0 Å². The fourth-order valence-electron chi connectivity index (χ4n) is 0.771. The Kier molecular flexibility index (Phi) is 6.49. The SMILES string of the molecule is CC(=CCl)CNCC(C)C(C)C. The highest BCUT2D eigenvalue weighted by Crippen LogP contribution is 2.07. The number of halogens is 1. The van der Waals surface area contributed by atoms with Crippen LogP contribution in [0.5, 0.6) is 0 Å². The molecule has 1 atom stereocenters. The van der Waals surface area contributed by atoms with Crippen molar-refractivity contribution in [2.45, 2.75) is 27.7 Å².